The molecule has 1 aliphatic carbocycles. The number of hydrogen-bond acceptors (Lipinski definition) is 5. The van der Waals surface area contributed by atoms with Gasteiger partial charge in [0.05, 0.1) is 13.2 Å². The Morgan fingerprint density at radius 3 is 2.07 bits per heavy atom. The standard InChI is InChI=1S/C22H42N2O4/c1-17(2)18(25)15-20(3,4)21(5,6)16-19(26)24-12-14-28-22(27-13-11-23)9-7-8-10-22/h17H,7-16,23H2,1-6H3,(H,24,26). The van der Waals surface area contributed by atoms with Gasteiger partial charge in [-0.15, -0.1) is 0 Å². The average molecular weight is 399 g/mol. The van der Waals surface area contributed by atoms with Crippen LogP contribution in [0.3, 0.4) is 0 Å². The highest BCUT2D eigenvalue weighted by Crippen LogP contribution is 2.44. The fourth-order valence-corrected chi connectivity index (χ4v) is 3.50. The molecule has 0 saturated heterocycles. The minimum atomic E-state index is -0.525. The number of amides is 1. The van der Waals surface area contributed by atoms with E-state index in [2.05, 4.69) is 33.0 Å². The highest BCUT2D eigenvalue weighted by molar-refractivity contribution is 5.81. The van der Waals surface area contributed by atoms with Gasteiger partial charge < -0.3 is 20.5 Å². The van der Waals surface area contributed by atoms with E-state index in [1.54, 1.807) is 0 Å². The second-order valence-electron chi connectivity index (χ2n) is 9.70. The summed E-state index contributed by atoms with van der Waals surface area (Å²) in [4.78, 5) is 24.7. The van der Waals surface area contributed by atoms with E-state index in [1.165, 1.54) is 0 Å². The van der Waals surface area contributed by atoms with Gasteiger partial charge in [0.15, 0.2) is 5.79 Å². The summed E-state index contributed by atoms with van der Waals surface area (Å²) in [5.41, 5.74) is 4.99. The van der Waals surface area contributed by atoms with Crippen molar-refractivity contribution in [3.63, 3.8) is 0 Å². The molecule has 0 unspecified atom stereocenters. The molecule has 164 valence electrons. The van der Waals surface area contributed by atoms with Gasteiger partial charge in [0.1, 0.15) is 5.78 Å². The molecule has 0 aromatic heterocycles. The third-order valence-corrected chi connectivity index (χ3v) is 6.33. The van der Waals surface area contributed by atoms with Gasteiger partial charge in [0, 0.05) is 44.7 Å². The third kappa shape index (κ3) is 7.45. The fraction of sp³-hybridized carbons (Fsp3) is 0.909. The van der Waals surface area contributed by atoms with Gasteiger partial charge in [-0.05, 0) is 23.7 Å². The molecule has 1 amide bonds. The monoisotopic (exact) mass is 398 g/mol. The smallest absolute Gasteiger partial charge is 0.220 e. The van der Waals surface area contributed by atoms with Crippen molar-refractivity contribution in [2.45, 2.75) is 85.9 Å². The number of carbonyl (C=O) groups is 2. The maximum Gasteiger partial charge on any atom is 0.220 e. The van der Waals surface area contributed by atoms with Crippen molar-refractivity contribution in [3.8, 4) is 0 Å². The van der Waals surface area contributed by atoms with Crippen LogP contribution in [0, 0.1) is 16.7 Å². The maximum absolute atomic E-state index is 12.5. The molecule has 6 nitrogen and oxygen atoms in total. The quantitative estimate of drug-likeness (QED) is 0.366. The molecule has 28 heavy (non-hydrogen) atoms. The minimum absolute atomic E-state index is 0.0120. The fourth-order valence-electron chi connectivity index (χ4n) is 3.50. The molecular formula is C22H42N2O4. The van der Waals surface area contributed by atoms with Crippen LogP contribution >= 0.6 is 0 Å². The molecule has 0 heterocycles. The van der Waals surface area contributed by atoms with Crippen molar-refractivity contribution in [1.82, 2.24) is 5.32 Å². The number of nitrogens with one attached hydrogen (secondary N) is 1. The van der Waals surface area contributed by atoms with Crippen molar-refractivity contribution in [2.24, 2.45) is 22.5 Å². The Kier molecular flexibility index (Phi) is 9.57. The van der Waals surface area contributed by atoms with Crippen LogP contribution in [0.5, 0.6) is 0 Å². The molecule has 3 N–H and O–H groups in total. The van der Waals surface area contributed by atoms with Crippen LogP contribution in [0.15, 0.2) is 0 Å². The summed E-state index contributed by atoms with van der Waals surface area (Å²) in [6.07, 6.45) is 4.80. The molecule has 1 fully saturated rings. The lowest BCUT2D eigenvalue weighted by molar-refractivity contribution is -0.230. The number of hydrogen-bond donors (Lipinski definition) is 2. The van der Waals surface area contributed by atoms with Crippen LogP contribution < -0.4 is 11.1 Å². The van der Waals surface area contributed by atoms with Gasteiger partial charge in [0.2, 0.25) is 5.91 Å². The van der Waals surface area contributed by atoms with E-state index >= 15 is 0 Å². The van der Waals surface area contributed by atoms with Crippen molar-refractivity contribution in [3.05, 3.63) is 0 Å². The summed E-state index contributed by atoms with van der Waals surface area (Å²) >= 11 is 0. The number of nitrogens with two attached hydrogens (primary N) is 1. The van der Waals surface area contributed by atoms with E-state index in [-0.39, 0.29) is 28.4 Å². The first kappa shape index (κ1) is 25.1. The van der Waals surface area contributed by atoms with Crippen LogP contribution in [0.4, 0.5) is 0 Å². The van der Waals surface area contributed by atoms with Crippen LogP contribution in [-0.4, -0.2) is 43.8 Å². The molecule has 0 atom stereocenters. The Labute approximate surface area is 171 Å². The first-order valence-electron chi connectivity index (χ1n) is 10.7. The first-order valence-corrected chi connectivity index (χ1v) is 10.7. The zero-order valence-corrected chi connectivity index (χ0v) is 18.9. The van der Waals surface area contributed by atoms with Crippen LogP contribution in [0.1, 0.15) is 80.1 Å². The summed E-state index contributed by atoms with van der Waals surface area (Å²) in [6, 6.07) is 0. The van der Waals surface area contributed by atoms with Crippen LogP contribution in [0.2, 0.25) is 0 Å². The molecule has 1 aliphatic rings. The summed E-state index contributed by atoms with van der Waals surface area (Å²) < 4.78 is 11.8. The second kappa shape index (κ2) is 10.7. The topological polar surface area (TPSA) is 90.7 Å². The van der Waals surface area contributed by atoms with E-state index in [1.807, 2.05) is 13.8 Å². The maximum atomic E-state index is 12.5. The van der Waals surface area contributed by atoms with Gasteiger partial charge in [-0.3, -0.25) is 9.59 Å². The van der Waals surface area contributed by atoms with Gasteiger partial charge in [-0.1, -0.05) is 41.5 Å². The van der Waals surface area contributed by atoms with E-state index in [0.717, 1.165) is 25.7 Å². The Hall–Kier alpha value is -0.980. The van der Waals surface area contributed by atoms with Gasteiger partial charge in [0.25, 0.3) is 0 Å². The predicted molar refractivity (Wildman–Crippen MR) is 112 cm³/mol. The summed E-state index contributed by atoms with van der Waals surface area (Å²) in [7, 11) is 0. The lowest BCUT2D eigenvalue weighted by Crippen LogP contribution is -2.41. The molecule has 0 aromatic rings. The Morgan fingerprint density at radius 2 is 1.54 bits per heavy atom. The molecular weight excluding hydrogens is 356 g/mol. The number of ketones is 1. The Morgan fingerprint density at radius 1 is 1.00 bits per heavy atom. The van der Waals surface area contributed by atoms with Gasteiger partial charge in [-0.25, -0.2) is 0 Å². The molecule has 0 bridgehead atoms. The third-order valence-electron chi connectivity index (χ3n) is 6.33. The van der Waals surface area contributed by atoms with Crippen molar-refractivity contribution < 1.29 is 19.1 Å². The molecule has 0 aromatic carbocycles. The highest BCUT2D eigenvalue weighted by atomic mass is 16.7. The van der Waals surface area contributed by atoms with Gasteiger partial charge >= 0.3 is 0 Å². The van der Waals surface area contributed by atoms with E-state index in [4.69, 9.17) is 15.2 Å². The minimum Gasteiger partial charge on any atom is -0.354 e. The molecule has 1 saturated carbocycles. The molecule has 0 spiro atoms. The lowest BCUT2D eigenvalue weighted by Gasteiger charge is -2.41. The summed E-state index contributed by atoms with van der Waals surface area (Å²) in [5.74, 6) is -0.276. The summed E-state index contributed by atoms with van der Waals surface area (Å²) in [5, 5.41) is 2.96. The van der Waals surface area contributed by atoms with Crippen LogP contribution in [-0.2, 0) is 19.1 Å². The average Bonchev–Trinajstić information content (AvgIpc) is 3.05. The van der Waals surface area contributed by atoms with Gasteiger partial charge in [-0.2, -0.15) is 0 Å². The van der Waals surface area contributed by atoms with Crippen molar-refractivity contribution in [2.75, 3.05) is 26.3 Å². The van der Waals surface area contributed by atoms with Crippen LogP contribution in [0.25, 0.3) is 0 Å². The number of carbonyl (C=O) groups excluding carboxylic acids is 2. The normalized spacial score (nSPS) is 17.1. The van der Waals surface area contributed by atoms with E-state index < -0.39 is 5.79 Å². The highest BCUT2D eigenvalue weighted by Gasteiger charge is 2.40. The second-order valence-corrected chi connectivity index (χ2v) is 9.70. The molecule has 1 rings (SSSR count). The largest absolute Gasteiger partial charge is 0.354 e. The molecule has 0 aliphatic heterocycles. The number of ether oxygens (including phenoxy) is 2. The van der Waals surface area contributed by atoms with Crippen molar-refractivity contribution >= 4 is 11.7 Å². The molecule has 6 heteroatoms. The first-order chi connectivity index (χ1) is 12.9. The lowest BCUT2D eigenvalue weighted by atomic mass is 9.63. The van der Waals surface area contributed by atoms with Crippen molar-refractivity contribution in [1.29, 1.82) is 0 Å². The summed E-state index contributed by atoms with van der Waals surface area (Å²) in [6.45, 7) is 14.0. The molecule has 0 radical (unpaired) electrons. The van der Waals surface area contributed by atoms with E-state index in [9.17, 15) is 9.59 Å². The zero-order chi connectivity index (χ0) is 21.4. The Balaban J connectivity index is 2.45. The van der Waals surface area contributed by atoms with E-state index in [0.29, 0.717) is 39.1 Å². The Bertz CT molecular complexity index is 509. The number of Topliss-reactive ketones (excluding diaryl/α,β-unsaturated/α-hetero) is 1. The predicted octanol–water partition coefficient (Wildman–Crippen LogP) is 3.42. The zero-order valence-electron chi connectivity index (χ0n) is 18.9. The SMILES string of the molecule is CC(C)C(=O)CC(C)(C)C(C)(C)CC(=O)NCCOC1(OCCN)CCCC1. The number of rotatable bonds is 13.